The Morgan fingerprint density at radius 3 is 2.61 bits per heavy atom. The van der Waals surface area contributed by atoms with Crippen LogP contribution in [0.5, 0.6) is 0 Å². The Hall–Kier alpha value is -0.0800. The van der Waals surface area contributed by atoms with Gasteiger partial charge in [-0.1, -0.05) is 40.5 Å². The van der Waals surface area contributed by atoms with Gasteiger partial charge >= 0.3 is 0 Å². The van der Waals surface area contributed by atoms with Crippen LogP contribution in [-0.2, 0) is 0 Å². The van der Waals surface area contributed by atoms with E-state index in [1.807, 2.05) is 0 Å². The van der Waals surface area contributed by atoms with Crippen molar-refractivity contribution in [1.29, 1.82) is 0 Å². The van der Waals surface area contributed by atoms with Gasteiger partial charge in [-0.25, -0.2) is 0 Å². The molecule has 2 heteroatoms. The molecule has 2 unspecified atom stereocenters. The van der Waals surface area contributed by atoms with Crippen molar-refractivity contribution >= 4 is 0 Å². The van der Waals surface area contributed by atoms with Gasteiger partial charge in [0.2, 0.25) is 0 Å². The van der Waals surface area contributed by atoms with Gasteiger partial charge in [0, 0.05) is 19.6 Å². The van der Waals surface area contributed by atoms with Crippen LogP contribution in [0.1, 0.15) is 59.8 Å². The highest BCUT2D eigenvalue weighted by Gasteiger charge is 2.29. The molecule has 0 aromatic heterocycles. The van der Waals surface area contributed by atoms with Crippen LogP contribution in [0.2, 0.25) is 0 Å². The first-order valence-electron chi connectivity index (χ1n) is 8.06. The standard InChI is InChI=1S/C16H34N2/c1-5-8-15-9-11-18(12-15)14-16(4,10-6-2)13-17-7-3/h15,17H,5-14H2,1-4H3. The summed E-state index contributed by atoms with van der Waals surface area (Å²) in [5.74, 6) is 0.972. The van der Waals surface area contributed by atoms with Gasteiger partial charge in [0.1, 0.15) is 0 Å². The fourth-order valence-corrected chi connectivity index (χ4v) is 3.49. The average molecular weight is 254 g/mol. The molecule has 2 nitrogen and oxygen atoms in total. The summed E-state index contributed by atoms with van der Waals surface area (Å²) in [5.41, 5.74) is 0.464. The van der Waals surface area contributed by atoms with Gasteiger partial charge in [-0.3, -0.25) is 0 Å². The molecule has 0 spiro atoms. The van der Waals surface area contributed by atoms with Crippen molar-refractivity contribution in [2.75, 3.05) is 32.7 Å². The maximum absolute atomic E-state index is 3.56. The Labute approximate surface area is 115 Å². The lowest BCUT2D eigenvalue weighted by Gasteiger charge is -2.34. The Morgan fingerprint density at radius 2 is 2.00 bits per heavy atom. The van der Waals surface area contributed by atoms with E-state index in [0.717, 1.165) is 12.5 Å². The zero-order valence-electron chi connectivity index (χ0n) is 13.1. The van der Waals surface area contributed by atoms with E-state index in [4.69, 9.17) is 0 Å². The zero-order chi connectivity index (χ0) is 13.4. The molecule has 0 aromatic rings. The molecule has 0 saturated carbocycles. The number of likely N-dealkylation sites (tertiary alicyclic amines) is 1. The molecule has 1 aliphatic rings. The maximum atomic E-state index is 3.56. The van der Waals surface area contributed by atoms with Crippen molar-refractivity contribution in [2.45, 2.75) is 59.8 Å². The SMILES string of the molecule is CCCC1CCN(CC(C)(CCC)CNCC)C1. The minimum absolute atomic E-state index is 0.464. The molecule has 1 saturated heterocycles. The van der Waals surface area contributed by atoms with Gasteiger partial charge in [-0.05, 0) is 43.7 Å². The molecule has 0 amide bonds. The first-order chi connectivity index (χ1) is 8.63. The van der Waals surface area contributed by atoms with Crippen molar-refractivity contribution < 1.29 is 0 Å². The molecule has 1 aliphatic heterocycles. The predicted molar refractivity (Wildman–Crippen MR) is 81.0 cm³/mol. The Kier molecular flexibility index (Phi) is 7.25. The second kappa shape index (κ2) is 8.16. The van der Waals surface area contributed by atoms with Crippen LogP contribution in [-0.4, -0.2) is 37.6 Å². The molecule has 1 fully saturated rings. The smallest absolute Gasteiger partial charge is 0.00476 e. The summed E-state index contributed by atoms with van der Waals surface area (Å²) in [6, 6.07) is 0. The summed E-state index contributed by atoms with van der Waals surface area (Å²) in [5, 5.41) is 3.56. The second-order valence-electron chi connectivity index (χ2n) is 6.52. The topological polar surface area (TPSA) is 15.3 Å². The number of hydrogen-bond donors (Lipinski definition) is 1. The van der Waals surface area contributed by atoms with E-state index in [0.29, 0.717) is 5.41 Å². The van der Waals surface area contributed by atoms with Gasteiger partial charge in [-0.15, -0.1) is 0 Å². The molecule has 0 aromatic carbocycles. The molecule has 1 heterocycles. The molecule has 2 atom stereocenters. The van der Waals surface area contributed by atoms with Crippen LogP contribution >= 0.6 is 0 Å². The van der Waals surface area contributed by atoms with E-state index in [1.165, 1.54) is 58.3 Å². The summed E-state index contributed by atoms with van der Waals surface area (Å²) >= 11 is 0. The summed E-state index contributed by atoms with van der Waals surface area (Å²) < 4.78 is 0. The highest BCUT2D eigenvalue weighted by atomic mass is 15.2. The van der Waals surface area contributed by atoms with Crippen LogP contribution in [0, 0.1) is 11.3 Å². The molecule has 0 radical (unpaired) electrons. The van der Waals surface area contributed by atoms with E-state index in [2.05, 4.69) is 37.9 Å². The van der Waals surface area contributed by atoms with Crippen molar-refractivity contribution in [3.8, 4) is 0 Å². The largest absolute Gasteiger partial charge is 0.316 e. The Balaban J connectivity index is 2.41. The quantitative estimate of drug-likeness (QED) is 0.677. The molecular formula is C16H34N2. The van der Waals surface area contributed by atoms with Crippen molar-refractivity contribution in [1.82, 2.24) is 10.2 Å². The lowest BCUT2D eigenvalue weighted by molar-refractivity contribution is 0.169. The van der Waals surface area contributed by atoms with E-state index in [9.17, 15) is 0 Å². The van der Waals surface area contributed by atoms with E-state index in [-0.39, 0.29) is 0 Å². The summed E-state index contributed by atoms with van der Waals surface area (Å²) in [4.78, 5) is 2.72. The molecular weight excluding hydrogens is 220 g/mol. The van der Waals surface area contributed by atoms with Gasteiger partial charge < -0.3 is 10.2 Å². The van der Waals surface area contributed by atoms with E-state index in [1.54, 1.807) is 0 Å². The summed E-state index contributed by atoms with van der Waals surface area (Å²) in [6.07, 6.45) is 6.84. The van der Waals surface area contributed by atoms with Gasteiger partial charge in [0.25, 0.3) is 0 Å². The molecule has 0 bridgehead atoms. The maximum Gasteiger partial charge on any atom is 0.00476 e. The third-order valence-electron chi connectivity index (χ3n) is 4.33. The molecule has 1 rings (SSSR count). The van der Waals surface area contributed by atoms with Crippen molar-refractivity contribution in [3.05, 3.63) is 0 Å². The third-order valence-corrected chi connectivity index (χ3v) is 4.33. The normalized spacial score (nSPS) is 24.3. The second-order valence-corrected chi connectivity index (χ2v) is 6.52. The highest BCUT2D eigenvalue weighted by molar-refractivity contribution is 4.84. The van der Waals surface area contributed by atoms with Crippen LogP contribution in [0.25, 0.3) is 0 Å². The molecule has 0 aliphatic carbocycles. The Morgan fingerprint density at radius 1 is 1.22 bits per heavy atom. The Bertz CT molecular complexity index is 217. The number of nitrogens with one attached hydrogen (secondary N) is 1. The van der Waals surface area contributed by atoms with Gasteiger partial charge in [0.05, 0.1) is 0 Å². The minimum Gasteiger partial charge on any atom is -0.316 e. The molecule has 108 valence electrons. The van der Waals surface area contributed by atoms with Crippen LogP contribution < -0.4 is 5.32 Å². The highest BCUT2D eigenvalue weighted by Crippen LogP contribution is 2.28. The van der Waals surface area contributed by atoms with Crippen LogP contribution in [0.4, 0.5) is 0 Å². The first kappa shape index (κ1) is 16.0. The average Bonchev–Trinajstić information content (AvgIpc) is 2.75. The first-order valence-corrected chi connectivity index (χ1v) is 8.06. The molecule has 1 N–H and O–H groups in total. The van der Waals surface area contributed by atoms with Gasteiger partial charge in [-0.2, -0.15) is 0 Å². The zero-order valence-corrected chi connectivity index (χ0v) is 13.1. The van der Waals surface area contributed by atoms with Gasteiger partial charge in [0.15, 0.2) is 0 Å². The summed E-state index contributed by atoms with van der Waals surface area (Å²) in [6.45, 7) is 15.5. The van der Waals surface area contributed by atoms with Crippen molar-refractivity contribution in [2.24, 2.45) is 11.3 Å². The lowest BCUT2D eigenvalue weighted by atomic mass is 9.85. The van der Waals surface area contributed by atoms with Crippen LogP contribution in [0.15, 0.2) is 0 Å². The number of hydrogen-bond acceptors (Lipinski definition) is 2. The van der Waals surface area contributed by atoms with Crippen molar-refractivity contribution in [3.63, 3.8) is 0 Å². The summed E-state index contributed by atoms with van der Waals surface area (Å²) in [7, 11) is 0. The fourth-order valence-electron chi connectivity index (χ4n) is 3.49. The number of rotatable bonds is 9. The number of nitrogens with zero attached hydrogens (tertiary/aromatic N) is 1. The predicted octanol–water partition coefficient (Wildman–Crippen LogP) is 3.52. The lowest BCUT2D eigenvalue weighted by Crippen LogP contribution is -2.41. The monoisotopic (exact) mass is 254 g/mol. The van der Waals surface area contributed by atoms with E-state index < -0.39 is 0 Å². The minimum atomic E-state index is 0.464. The fraction of sp³-hybridized carbons (Fsp3) is 1.00. The third kappa shape index (κ3) is 5.27. The van der Waals surface area contributed by atoms with E-state index >= 15 is 0 Å². The van der Waals surface area contributed by atoms with Crippen LogP contribution in [0.3, 0.4) is 0 Å². The molecule has 18 heavy (non-hydrogen) atoms.